The minimum absolute atomic E-state index is 0.313. The fraction of sp³-hybridized carbons (Fsp3) is 0.333. The van der Waals surface area contributed by atoms with Crippen molar-refractivity contribution in [1.82, 2.24) is 4.37 Å². The number of anilines is 2. The lowest BCUT2D eigenvalue weighted by Crippen LogP contribution is -1.96. The largest absolute Gasteiger partial charge is 0.382 e. The van der Waals surface area contributed by atoms with E-state index in [1.165, 1.54) is 11.5 Å². The summed E-state index contributed by atoms with van der Waals surface area (Å²) in [7, 11) is 0. The topological polar surface area (TPSA) is 74.7 Å². The highest BCUT2D eigenvalue weighted by molar-refractivity contribution is 7.10. The van der Waals surface area contributed by atoms with E-state index >= 15 is 0 Å². The molecule has 0 unspecified atom stereocenters. The molecule has 5 heteroatoms. The summed E-state index contributed by atoms with van der Waals surface area (Å²) in [6.45, 7) is 2.73. The third-order valence-electron chi connectivity index (χ3n) is 1.17. The minimum Gasteiger partial charge on any atom is -0.382 e. The van der Waals surface area contributed by atoms with E-state index in [-0.39, 0.29) is 0 Å². The number of nitrogens with zero attached hydrogens (tertiary/aromatic N) is 2. The van der Waals surface area contributed by atoms with Crippen molar-refractivity contribution in [2.24, 2.45) is 0 Å². The van der Waals surface area contributed by atoms with Gasteiger partial charge in [0.1, 0.15) is 16.6 Å². The summed E-state index contributed by atoms with van der Waals surface area (Å²) in [6, 6.07) is 1.99. The number of nitrogens with one attached hydrogen (secondary N) is 1. The molecule has 11 heavy (non-hydrogen) atoms. The first kappa shape index (κ1) is 7.82. The van der Waals surface area contributed by atoms with Gasteiger partial charge >= 0.3 is 0 Å². The van der Waals surface area contributed by atoms with Crippen LogP contribution in [0.4, 0.5) is 10.8 Å². The monoisotopic (exact) mass is 168 g/mol. The molecule has 0 saturated heterocycles. The summed E-state index contributed by atoms with van der Waals surface area (Å²) < 4.78 is 3.84. The number of nitrogen functional groups attached to an aromatic ring is 1. The molecule has 1 aromatic rings. The van der Waals surface area contributed by atoms with E-state index in [4.69, 9.17) is 11.0 Å². The Balaban J connectivity index is 2.98. The Kier molecular flexibility index (Phi) is 2.28. The minimum atomic E-state index is 0.313. The summed E-state index contributed by atoms with van der Waals surface area (Å²) in [4.78, 5) is 0. The predicted octanol–water partition coefficient (Wildman–Crippen LogP) is 1.03. The average molecular weight is 168 g/mol. The van der Waals surface area contributed by atoms with Crippen LogP contribution < -0.4 is 11.1 Å². The van der Waals surface area contributed by atoms with Crippen molar-refractivity contribution in [3.05, 3.63) is 5.56 Å². The maximum absolute atomic E-state index is 8.61. The molecule has 0 atom stereocenters. The highest BCUT2D eigenvalue weighted by Gasteiger charge is 2.08. The van der Waals surface area contributed by atoms with Crippen LogP contribution in [0.5, 0.6) is 0 Å². The first-order valence-electron chi connectivity index (χ1n) is 3.18. The molecule has 1 heterocycles. The van der Waals surface area contributed by atoms with Gasteiger partial charge in [0.2, 0.25) is 0 Å². The Labute approximate surface area is 68.8 Å². The molecule has 0 fully saturated rings. The number of rotatable bonds is 2. The zero-order valence-corrected chi connectivity index (χ0v) is 6.90. The van der Waals surface area contributed by atoms with Crippen molar-refractivity contribution in [1.29, 1.82) is 5.26 Å². The molecular weight excluding hydrogens is 160 g/mol. The van der Waals surface area contributed by atoms with Crippen LogP contribution in [0.2, 0.25) is 0 Å². The number of aromatic nitrogens is 1. The summed E-state index contributed by atoms with van der Waals surface area (Å²) in [5, 5.41) is 12.4. The number of hydrogen-bond acceptors (Lipinski definition) is 5. The normalized spacial score (nSPS) is 9.09. The smallest absolute Gasteiger partial charge is 0.157 e. The molecule has 1 aromatic heterocycles. The van der Waals surface area contributed by atoms with E-state index in [0.717, 1.165) is 11.5 Å². The predicted molar refractivity (Wildman–Crippen MR) is 45.4 cm³/mol. The quantitative estimate of drug-likeness (QED) is 0.691. The fourth-order valence-electron chi connectivity index (χ4n) is 0.692. The number of hydrogen-bond donors (Lipinski definition) is 2. The van der Waals surface area contributed by atoms with Crippen LogP contribution >= 0.6 is 11.5 Å². The van der Waals surface area contributed by atoms with Crippen LogP contribution in [0.25, 0.3) is 0 Å². The van der Waals surface area contributed by atoms with Crippen LogP contribution in [-0.4, -0.2) is 10.9 Å². The maximum Gasteiger partial charge on any atom is 0.157 e. The van der Waals surface area contributed by atoms with E-state index < -0.39 is 0 Å². The molecule has 4 nitrogen and oxygen atoms in total. The molecule has 0 saturated carbocycles. The van der Waals surface area contributed by atoms with Crippen molar-refractivity contribution >= 4 is 22.4 Å². The molecule has 0 amide bonds. The molecule has 1 rings (SSSR count). The molecule has 0 aliphatic carbocycles. The Bertz CT molecular complexity index is 285. The van der Waals surface area contributed by atoms with Crippen molar-refractivity contribution in [3.63, 3.8) is 0 Å². The van der Waals surface area contributed by atoms with Crippen molar-refractivity contribution in [2.75, 3.05) is 17.6 Å². The molecule has 0 radical (unpaired) electrons. The highest BCUT2D eigenvalue weighted by Crippen LogP contribution is 2.24. The zero-order valence-electron chi connectivity index (χ0n) is 6.09. The van der Waals surface area contributed by atoms with Crippen LogP contribution in [0, 0.1) is 11.3 Å². The van der Waals surface area contributed by atoms with Crippen molar-refractivity contribution in [3.8, 4) is 6.07 Å². The second kappa shape index (κ2) is 3.21. The molecule has 0 spiro atoms. The van der Waals surface area contributed by atoms with Gasteiger partial charge in [-0.05, 0) is 18.5 Å². The molecule has 0 aromatic carbocycles. The Hall–Kier alpha value is -1.28. The van der Waals surface area contributed by atoms with Gasteiger partial charge in [0.25, 0.3) is 0 Å². The first-order chi connectivity index (χ1) is 5.29. The van der Waals surface area contributed by atoms with Crippen LogP contribution in [-0.2, 0) is 0 Å². The number of nitrogens with two attached hydrogens (primary N) is 1. The van der Waals surface area contributed by atoms with E-state index in [0.29, 0.717) is 11.4 Å². The summed E-state index contributed by atoms with van der Waals surface area (Å²) in [5.41, 5.74) is 5.87. The van der Waals surface area contributed by atoms with Crippen LogP contribution in [0.1, 0.15) is 12.5 Å². The van der Waals surface area contributed by atoms with Gasteiger partial charge in [0, 0.05) is 6.54 Å². The molecular formula is C6H8N4S. The standard InChI is InChI=1S/C6H8N4S/c1-2-9-6-4(3-7)5(8)10-11-6/h9H,2H2,1H3,(H2,8,10). The van der Waals surface area contributed by atoms with Gasteiger partial charge in [-0.2, -0.15) is 9.64 Å². The second-order valence-electron chi connectivity index (χ2n) is 1.91. The molecule has 0 bridgehead atoms. The lowest BCUT2D eigenvalue weighted by molar-refractivity contribution is 1.22. The lowest BCUT2D eigenvalue weighted by atomic mass is 10.3. The molecule has 0 aliphatic rings. The fourth-order valence-corrected chi connectivity index (χ4v) is 1.42. The second-order valence-corrected chi connectivity index (χ2v) is 2.69. The lowest BCUT2D eigenvalue weighted by Gasteiger charge is -1.95. The highest BCUT2D eigenvalue weighted by atomic mass is 32.1. The van der Waals surface area contributed by atoms with Gasteiger partial charge in [0.05, 0.1) is 0 Å². The van der Waals surface area contributed by atoms with Gasteiger partial charge in [0.15, 0.2) is 5.82 Å². The first-order valence-corrected chi connectivity index (χ1v) is 3.96. The van der Waals surface area contributed by atoms with Gasteiger partial charge in [-0.3, -0.25) is 0 Å². The Morgan fingerprint density at radius 2 is 2.55 bits per heavy atom. The Morgan fingerprint density at radius 3 is 3.09 bits per heavy atom. The van der Waals surface area contributed by atoms with Gasteiger partial charge < -0.3 is 11.1 Å². The SMILES string of the molecule is CCNc1snc(N)c1C#N. The maximum atomic E-state index is 8.61. The number of nitriles is 1. The van der Waals surface area contributed by atoms with Gasteiger partial charge in [-0.25, -0.2) is 0 Å². The van der Waals surface area contributed by atoms with E-state index in [2.05, 4.69) is 9.69 Å². The molecule has 3 N–H and O–H groups in total. The van der Waals surface area contributed by atoms with Crippen molar-refractivity contribution < 1.29 is 0 Å². The summed E-state index contributed by atoms with van der Waals surface area (Å²) >= 11 is 1.22. The van der Waals surface area contributed by atoms with Gasteiger partial charge in [-0.15, -0.1) is 0 Å². The Morgan fingerprint density at radius 1 is 1.82 bits per heavy atom. The summed E-state index contributed by atoms with van der Waals surface area (Å²) in [5.74, 6) is 0.313. The molecule has 58 valence electrons. The summed E-state index contributed by atoms with van der Waals surface area (Å²) in [6.07, 6.45) is 0. The average Bonchev–Trinajstić information content (AvgIpc) is 2.33. The zero-order chi connectivity index (χ0) is 8.27. The van der Waals surface area contributed by atoms with Gasteiger partial charge in [-0.1, -0.05) is 0 Å². The molecule has 0 aliphatic heterocycles. The third-order valence-corrected chi connectivity index (χ3v) is 1.99. The van der Waals surface area contributed by atoms with Crippen molar-refractivity contribution in [2.45, 2.75) is 6.92 Å². The van der Waals surface area contributed by atoms with Crippen LogP contribution in [0.15, 0.2) is 0 Å². The third kappa shape index (κ3) is 1.41. The van der Waals surface area contributed by atoms with E-state index in [1.54, 1.807) is 0 Å². The van der Waals surface area contributed by atoms with E-state index in [1.807, 2.05) is 13.0 Å². The van der Waals surface area contributed by atoms with E-state index in [9.17, 15) is 0 Å². The van der Waals surface area contributed by atoms with Crippen LogP contribution in [0.3, 0.4) is 0 Å².